The molecule has 86 valence electrons. The summed E-state index contributed by atoms with van der Waals surface area (Å²) in [5, 5.41) is 2.62. The standard InChI is InChI=1S/C11H17F2NO/c1-8(2)7-14-10(15)9-4-3-5-11(12,13)6-9/h9H,1,3-7H2,2H3,(H,14,15). The largest absolute Gasteiger partial charge is 0.352 e. The highest BCUT2D eigenvalue weighted by Gasteiger charge is 2.38. The zero-order valence-electron chi connectivity index (χ0n) is 8.98. The molecule has 0 aromatic rings. The highest BCUT2D eigenvalue weighted by atomic mass is 19.3. The highest BCUT2D eigenvalue weighted by Crippen LogP contribution is 2.36. The van der Waals surface area contributed by atoms with Gasteiger partial charge in [-0.05, 0) is 19.8 Å². The van der Waals surface area contributed by atoms with E-state index in [1.165, 1.54) is 0 Å². The van der Waals surface area contributed by atoms with Crippen molar-refractivity contribution >= 4 is 5.91 Å². The van der Waals surface area contributed by atoms with E-state index in [-0.39, 0.29) is 18.7 Å². The molecule has 1 aliphatic rings. The van der Waals surface area contributed by atoms with Crippen LogP contribution < -0.4 is 5.32 Å². The van der Waals surface area contributed by atoms with Crippen molar-refractivity contribution in [2.75, 3.05) is 6.54 Å². The van der Waals surface area contributed by atoms with Gasteiger partial charge in [-0.15, -0.1) is 0 Å². The lowest BCUT2D eigenvalue weighted by atomic mass is 9.86. The molecule has 1 fully saturated rings. The second kappa shape index (κ2) is 4.73. The molecular formula is C11H17F2NO. The Morgan fingerprint density at radius 3 is 2.80 bits per heavy atom. The second-order valence-corrected chi connectivity index (χ2v) is 4.32. The fraction of sp³-hybridized carbons (Fsp3) is 0.727. The van der Waals surface area contributed by atoms with Crippen LogP contribution in [-0.4, -0.2) is 18.4 Å². The molecule has 1 rings (SSSR count). The predicted octanol–water partition coefficient (Wildman–Crippen LogP) is 2.50. The maximum atomic E-state index is 13.0. The van der Waals surface area contributed by atoms with Gasteiger partial charge in [-0.25, -0.2) is 8.78 Å². The van der Waals surface area contributed by atoms with Crippen molar-refractivity contribution in [1.82, 2.24) is 5.32 Å². The molecule has 1 amide bonds. The molecule has 0 aliphatic heterocycles. The summed E-state index contributed by atoms with van der Waals surface area (Å²) in [6.07, 6.45) is 0.599. The minimum absolute atomic E-state index is 0.0860. The van der Waals surface area contributed by atoms with Gasteiger partial charge in [0, 0.05) is 25.3 Å². The Kier molecular flexibility index (Phi) is 3.83. The van der Waals surface area contributed by atoms with Crippen LogP contribution in [0.15, 0.2) is 12.2 Å². The monoisotopic (exact) mass is 217 g/mol. The molecule has 1 aliphatic carbocycles. The van der Waals surface area contributed by atoms with E-state index in [9.17, 15) is 13.6 Å². The van der Waals surface area contributed by atoms with Gasteiger partial charge in [0.25, 0.3) is 0 Å². The van der Waals surface area contributed by atoms with Crippen LogP contribution >= 0.6 is 0 Å². The molecule has 1 atom stereocenters. The lowest BCUT2D eigenvalue weighted by Crippen LogP contribution is -2.37. The number of amides is 1. The fourth-order valence-electron chi connectivity index (χ4n) is 1.78. The quantitative estimate of drug-likeness (QED) is 0.723. The Hall–Kier alpha value is -0.930. The molecule has 0 bridgehead atoms. The smallest absolute Gasteiger partial charge is 0.248 e. The van der Waals surface area contributed by atoms with Gasteiger partial charge in [0.2, 0.25) is 11.8 Å². The SMILES string of the molecule is C=C(C)CNC(=O)C1CCCC(F)(F)C1. The van der Waals surface area contributed by atoms with E-state index in [4.69, 9.17) is 0 Å². The van der Waals surface area contributed by atoms with Gasteiger partial charge in [-0.3, -0.25) is 4.79 Å². The molecule has 0 heterocycles. The van der Waals surface area contributed by atoms with Gasteiger partial charge in [0.15, 0.2) is 0 Å². The average Bonchev–Trinajstić information content (AvgIpc) is 2.12. The van der Waals surface area contributed by atoms with E-state index >= 15 is 0 Å². The van der Waals surface area contributed by atoms with Crippen LogP contribution in [0.2, 0.25) is 0 Å². The Morgan fingerprint density at radius 1 is 1.60 bits per heavy atom. The molecule has 0 radical (unpaired) electrons. The predicted molar refractivity (Wildman–Crippen MR) is 54.7 cm³/mol. The van der Waals surface area contributed by atoms with Crippen LogP contribution in [0.1, 0.15) is 32.6 Å². The van der Waals surface area contributed by atoms with E-state index in [1.807, 2.05) is 0 Å². The Labute approximate surface area is 88.7 Å². The maximum absolute atomic E-state index is 13.0. The number of hydrogen-bond acceptors (Lipinski definition) is 1. The number of nitrogens with one attached hydrogen (secondary N) is 1. The second-order valence-electron chi connectivity index (χ2n) is 4.32. The minimum atomic E-state index is -2.66. The summed E-state index contributed by atoms with van der Waals surface area (Å²) >= 11 is 0. The summed E-state index contributed by atoms with van der Waals surface area (Å²) < 4.78 is 26.0. The van der Waals surface area contributed by atoms with Crippen molar-refractivity contribution < 1.29 is 13.6 Å². The first-order valence-electron chi connectivity index (χ1n) is 5.21. The number of alkyl halides is 2. The third kappa shape index (κ3) is 3.98. The molecule has 0 aromatic carbocycles. The van der Waals surface area contributed by atoms with Crippen molar-refractivity contribution in [2.45, 2.75) is 38.5 Å². The third-order valence-corrected chi connectivity index (χ3v) is 2.58. The number of rotatable bonds is 3. The average molecular weight is 217 g/mol. The fourth-order valence-corrected chi connectivity index (χ4v) is 1.78. The molecule has 1 saturated carbocycles. The molecule has 0 saturated heterocycles. The summed E-state index contributed by atoms with van der Waals surface area (Å²) in [5.41, 5.74) is 0.825. The molecular weight excluding hydrogens is 200 g/mol. The van der Waals surface area contributed by atoms with Crippen molar-refractivity contribution in [2.24, 2.45) is 5.92 Å². The molecule has 4 heteroatoms. The van der Waals surface area contributed by atoms with Crippen molar-refractivity contribution in [3.05, 3.63) is 12.2 Å². The van der Waals surface area contributed by atoms with Gasteiger partial charge in [0.05, 0.1) is 0 Å². The van der Waals surface area contributed by atoms with Crippen LogP contribution in [0.4, 0.5) is 8.78 Å². The molecule has 15 heavy (non-hydrogen) atoms. The van der Waals surface area contributed by atoms with Gasteiger partial charge >= 0.3 is 0 Å². The maximum Gasteiger partial charge on any atom is 0.248 e. The van der Waals surface area contributed by atoms with Crippen molar-refractivity contribution in [3.8, 4) is 0 Å². The normalized spacial score (nSPS) is 24.6. The van der Waals surface area contributed by atoms with Gasteiger partial charge < -0.3 is 5.32 Å². The van der Waals surface area contributed by atoms with Crippen LogP contribution in [0.5, 0.6) is 0 Å². The first-order chi connectivity index (χ1) is 6.91. The Balaban J connectivity index is 2.42. The summed E-state index contributed by atoms with van der Waals surface area (Å²) in [7, 11) is 0. The number of carbonyl (C=O) groups excluding carboxylic acids is 1. The van der Waals surface area contributed by atoms with Crippen LogP contribution in [-0.2, 0) is 4.79 Å². The summed E-state index contributed by atoms with van der Waals surface area (Å²) in [4.78, 5) is 11.5. The number of carbonyl (C=O) groups is 1. The Bertz CT molecular complexity index is 263. The number of hydrogen-bond donors (Lipinski definition) is 1. The first kappa shape index (κ1) is 12.1. The first-order valence-corrected chi connectivity index (χ1v) is 5.21. The van der Waals surface area contributed by atoms with E-state index in [2.05, 4.69) is 11.9 Å². The van der Waals surface area contributed by atoms with Crippen molar-refractivity contribution in [1.29, 1.82) is 0 Å². The lowest BCUT2D eigenvalue weighted by Gasteiger charge is -2.27. The number of halogens is 2. The van der Waals surface area contributed by atoms with E-state index in [0.717, 1.165) is 5.57 Å². The van der Waals surface area contributed by atoms with E-state index in [1.54, 1.807) is 6.92 Å². The van der Waals surface area contributed by atoms with E-state index < -0.39 is 11.8 Å². The Morgan fingerprint density at radius 2 is 2.27 bits per heavy atom. The van der Waals surface area contributed by atoms with E-state index in [0.29, 0.717) is 19.4 Å². The zero-order chi connectivity index (χ0) is 11.5. The van der Waals surface area contributed by atoms with Crippen LogP contribution in [0.3, 0.4) is 0 Å². The summed E-state index contributed by atoms with van der Waals surface area (Å²) in [5.74, 6) is -3.46. The minimum Gasteiger partial charge on any atom is -0.352 e. The highest BCUT2D eigenvalue weighted by molar-refractivity contribution is 5.79. The summed E-state index contributed by atoms with van der Waals surface area (Å²) in [6, 6.07) is 0. The van der Waals surface area contributed by atoms with Crippen molar-refractivity contribution in [3.63, 3.8) is 0 Å². The third-order valence-electron chi connectivity index (χ3n) is 2.58. The zero-order valence-corrected chi connectivity index (χ0v) is 8.98. The topological polar surface area (TPSA) is 29.1 Å². The molecule has 0 spiro atoms. The van der Waals surface area contributed by atoms with Crippen LogP contribution in [0.25, 0.3) is 0 Å². The summed E-state index contributed by atoms with van der Waals surface area (Å²) in [6.45, 7) is 5.80. The van der Waals surface area contributed by atoms with Crippen LogP contribution in [0, 0.1) is 5.92 Å². The molecule has 1 N–H and O–H groups in total. The lowest BCUT2D eigenvalue weighted by molar-refractivity contribution is -0.132. The van der Waals surface area contributed by atoms with Gasteiger partial charge in [-0.1, -0.05) is 12.2 Å². The molecule has 1 unspecified atom stereocenters. The molecule has 2 nitrogen and oxygen atoms in total. The van der Waals surface area contributed by atoms with Gasteiger partial charge in [0.1, 0.15) is 0 Å². The molecule has 0 aromatic heterocycles. The van der Waals surface area contributed by atoms with Gasteiger partial charge in [-0.2, -0.15) is 0 Å².